The third-order valence-corrected chi connectivity index (χ3v) is 9.49. The van der Waals surface area contributed by atoms with Crippen molar-refractivity contribution in [2.75, 3.05) is 4.90 Å². The monoisotopic (exact) mass is 628 g/mol. The summed E-state index contributed by atoms with van der Waals surface area (Å²) in [7, 11) is 0. The van der Waals surface area contributed by atoms with Crippen molar-refractivity contribution < 1.29 is 8.83 Å². The van der Waals surface area contributed by atoms with Gasteiger partial charge in [0.15, 0.2) is 5.58 Å². The molecule has 10 aromatic rings. The maximum absolute atomic E-state index is 6.56. The zero-order chi connectivity index (χ0) is 32.3. The first-order valence-corrected chi connectivity index (χ1v) is 16.5. The molecule has 0 bridgehead atoms. The van der Waals surface area contributed by atoms with E-state index in [1.807, 2.05) is 30.3 Å². The van der Waals surface area contributed by atoms with Gasteiger partial charge in [0.2, 0.25) is 5.89 Å². The second kappa shape index (κ2) is 11.0. The molecule has 8 aromatic carbocycles. The molecule has 10 rings (SSSR count). The fourth-order valence-corrected chi connectivity index (χ4v) is 7.16. The van der Waals surface area contributed by atoms with Gasteiger partial charge in [0.1, 0.15) is 16.7 Å². The normalized spacial score (nSPS) is 11.7. The molecule has 0 saturated heterocycles. The van der Waals surface area contributed by atoms with Crippen LogP contribution in [0.15, 0.2) is 179 Å². The molecule has 0 aliphatic heterocycles. The van der Waals surface area contributed by atoms with Gasteiger partial charge in [-0.25, -0.2) is 4.98 Å². The van der Waals surface area contributed by atoms with Crippen LogP contribution in [0, 0.1) is 0 Å². The van der Waals surface area contributed by atoms with E-state index < -0.39 is 0 Å². The summed E-state index contributed by atoms with van der Waals surface area (Å²) < 4.78 is 12.6. The topological polar surface area (TPSA) is 42.4 Å². The van der Waals surface area contributed by atoms with Crippen molar-refractivity contribution in [3.05, 3.63) is 170 Å². The number of para-hydroxylation sites is 3. The summed E-state index contributed by atoms with van der Waals surface area (Å²) in [6.45, 7) is 0. The van der Waals surface area contributed by atoms with E-state index in [0.717, 1.165) is 77.6 Å². The first-order chi connectivity index (χ1) is 24.3. The van der Waals surface area contributed by atoms with Crippen molar-refractivity contribution in [2.45, 2.75) is 0 Å². The van der Waals surface area contributed by atoms with Gasteiger partial charge < -0.3 is 13.7 Å². The Kier molecular flexibility index (Phi) is 6.15. The molecule has 0 fully saturated rings. The van der Waals surface area contributed by atoms with Crippen LogP contribution in [0.25, 0.3) is 77.2 Å². The lowest BCUT2D eigenvalue weighted by atomic mass is 10.0. The van der Waals surface area contributed by atoms with E-state index in [9.17, 15) is 0 Å². The highest BCUT2D eigenvalue weighted by atomic mass is 16.3. The molecule has 0 aliphatic carbocycles. The van der Waals surface area contributed by atoms with Crippen LogP contribution in [-0.2, 0) is 0 Å². The molecule has 0 aliphatic rings. The maximum atomic E-state index is 6.56. The van der Waals surface area contributed by atoms with Gasteiger partial charge >= 0.3 is 0 Å². The summed E-state index contributed by atoms with van der Waals surface area (Å²) in [5.74, 6) is 0.587. The van der Waals surface area contributed by atoms with E-state index >= 15 is 0 Å². The minimum absolute atomic E-state index is 0.587. The largest absolute Gasteiger partial charge is 0.456 e. The Hall–Kier alpha value is -6.65. The predicted molar refractivity (Wildman–Crippen MR) is 202 cm³/mol. The van der Waals surface area contributed by atoms with Gasteiger partial charge in [-0.3, -0.25) is 0 Å². The van der Waals surface area contributed by atoms with Gasteiger partial charge in [0, 0.05) is 27.5 Å². The molecule has 230 valence electrons. The number of benzene rings is 8. The Morgan fingerprint density at radius 2 is 1.08 bits per heavy atom. The maximum Gasteiger partial charge on any atom is 0.229 e. The van der Waals surface area contributed by atoms with Crippen molar-refractivity contribution in [1.82, 2.24) is 4.98 Å². The minimum atomic E-state index is 0.587. The van der Waals surface area contributed by atoms with Crippen molar-refractivity contribution in [3.8, 4) is 22.6 Å². The Bertz CT molecular complexity index is 2830. The third kappa shape index (κ3) is 4.49. The van der Waals surface area contributed by atoms with E-state index in [0.29, 0.717) is 5.89 Å². The quantitative estimate of drug-likeness (QED) is 0.178. The average Bonchev–Trinajstić information content (AvgIpc) is 3.77. The molecule has 2 heterocycles. The number of hydrogen-bond acceptors (Lipinski definition) is 4. The molecule has 4 nitrogen and oxygen atoms in total. The number of hydrogen-bond donors (Lipinski definition) is 0. The van der Waals surface area contributed by atoms with Crippen LogP contribution >= 0.6 is 0 Å². The van der Waals surface area contributed by atoms with Crippen LogP contribution in [0.2, 0.25) is 0 Å². The van der Waals surface area contributed by atoms with Crippen LogP contribution in [-0.4, -0.2) is 4.98 Å². The molecule has 0 N–H and O–H groups in total. The Labute approximate surface area is 282 Å². The van der Waals surface area contributed by atoms with Gasteiger partial charge in [0.05, 0.1) is 11.3 Å². The van der Waals surface area contributed by atoms with E-state index in [1.54, 1.807) is 0 Å². The van der Waals surface area contributed by atoms with Crippen molar-refractivity contribution in [2.24, 2.45) is 0 Å². The third-order valence-electron chi connectivity index (χ3n) is 9.49. The van der Waals surface area contributed by atoms with Crippen LogP contribution in [0.5, 0.6) is 0 Å². The lowest BCUT2D eigenvalue weighted by molar-refractivity contribution is 0.620. The predicted octanol–water partition coefficient (Wildman–Crippen LogP) is 12.8. The second-order valence-corrected chi connectivity index (χ2v) is 12.4. The first kappa shape index (κ1) is 27.5. The molecule has 0 radical (unpaired) electrons. The van der Waals surface area contributed by atoms with E-state index in [2.05, 4.69) is 144 Å². The van der Waals surface area contributed by atoms with Gasteiger partial charge in [-0.05, 0) is 87.9 Å². The number of rotatable bonds is 5. The van der Waals surface area contributed by atoms with E-state index in [4.69, 9.17) is 13.8 Å². The van der Waals surface area contributed by atoms with Crippen LogP contribution in [0.4, 0.5) is 17.1 Å². The second-order valence-electron chi connectivity index (χ2n) is 12.4. The summed E-state index contributed by atoms with van der Waals surface area (Å²) in [6, 6.07) is 59.1. The van der Waals surface area contributed by atoms with Crippen molar-refractivity contribution in [3.63, 3.8) is 0 Å². The highest BCUT2D eigenvalue weighted by molar-refractivity contribution is 6.18. The lowest BCUT2D eigenvalue weighted by Crippen LogP contribution is -2.11. The Morgan fingerprint density at radius 3 is 1.98 bits per heavy atom. The molecule has 0 spiro atoms. The van der Waals surface area contributed by atoms with E-state index in [-0.39, 0.29) is 0 Å². The van der Waals surface area contributed by atoms with Gasteiger partial charge in [0.25, 0.3) is 0 Å². The Morgan fingerprint density at radius 1 is 0.429 bits per heavy atom. The van der Waals surface area contributed by atoms with Gasteiger partial charge in [-0.15, -0.1) is 0 Å². The fraction of sp³-hybridized carbons (Fsp3) is 0. The summed E-state index contributed by atoms with van der Waals surface area (Å²) >= 11 is 0. The average molecular weight is 629 g/mol. The molecule has 0 saturated carbocycles. The Balaban J connectivity index is 1.10. The number of furan rings is 1. The van der Waals surface area contributed by atoms with Crippen molar-refractivity contribution in [1.29, 1.82) is 0 Å². The SMILES string of the molecule is c1ccc(N(c2ccc(-c3ccc4oc5ccccc5c4c3)cc2)c2ccccc2-c2nc3c(ccc4ccc5ccccc5c43)o2)cc1. The summed E-state index contributed by atoms with van der Waals surface area (Å²) in [5, 5.41) is 6.86. The molecule has 2 aromatic heterocycles. The van der Waals surface area contributed by atoms with Gasteiger partial charge in [-0.2, -0.15) is 0 Å². The zero-order valence-electron chi connectivity index (χ0n) is 26.4. The highest BCUT2D eigenvalue weighted by Gasteiger charge is 2.21. The fourth-order valence-electron chi connectivity index (χ4n) is 7.16. The first-order valence-electron chi connectivity index (χ1n) is 16.5. The lowest BCUT2D eigenvalue weighted by Gasteiger charge is -2.27. The number of fused-ring (bicyclic) bond motifs is 8. The highest BCUT2D eigenvalue weighted by Crippen LogP contribution is 2.43. The molecule has 0 atom stereocenters. The molecule has 49 heavy (non-hydrogen) atoms. The summed E-state index contributed by atoms with van der Waals surface area (Å²) in [5.41, 5.74) is 9.69. The van der Waals surface area contributed by atoms with Gasteiger partial charge in [-0.1, -0.05) is 109 Å². The number of oxazole rings is 1. The summed E-state index contributed by atoms with van der Waals surface area (Å²) in [4.78, 5) is 7.46. The number of anilines is 3. The van der Waals surface area contributed by atoms with Crippen LogP contribution in [0.3, 0.4) is 0 Å². The van der Waals surface area contributed by atoms with Crippen LogP contribution in [0.1, 0.15) is 0 Å². The number of nitrogens with zero attached hydrogens (tertiary/aromatic N) is 2. The smallest absolute Gasteiger partial charge is 0.229 e. The number of aromatic nitrogens is 1. The van der Waals surface area contributed by atoms with Crippen molar-refractivity contribution >= 4 is 71.6 Å². The molecule has 0 unspecified atom stereocenters. The van der Waals surface area contributed by atoms with E-state index in [1.165, 1.54) is 10.8 Å². The molecular weight excluding hydrogens is 601 g/mol. The molecule has 4 heteroatoms. The minimum Gasteiger partial charge on any atom is -0.456 e. The standard InChI is InChI=1S/C45H28N2O2/c1-2-11-33(12-3-1)47(34-24-20-29(21-25-34)32-23-26-41-38(28-32)36-14-7-9-17-40(36)48-41)39-16-8-6-15-37(39)45-46-44-42(49-45)27-22-31-19-18-30-10-4-5-13-35(30)43(31)44/h1-28H. The zero-order valence-corrected chi connectivity index (χ0v) is 26.4. The van der Waals surface area contributed by atoms with Crippen LogP contribution < -0.4 is 4.90 Å². The summed E-state index contributed by atoms with van der Waals surface area (Å²) in [6.07, 6.45) is 0. The molecule has 0 amide bonds. The molecular formula is C45H28N2O2.